The monoisotopic (exact) mass is 193 g/mol. The maximum absolute atomic E-state index is 10.6. The van der Waals surface area contributed by atoms with E-state index in [-0.39, 0.29) is 10.2 Å². The predicted octanol–water partition coefficient (Wildman–Crippen LogP) is 1.09. The zero-order valence-electron chi connectivity index (χ0n) is 5.61. The van der Waals surface area contributed by atoms with Crippen LogP contribution in [0.25, 0.3) is 0 Å². The van der Waals surface area contributed by atoms with Crippen molar-refractivity contribution in [3.8, 4) is 6.07 Å². The van der Waals surface area contributed by atoms with Crippen LogP contribution in [0.15, 0.2) is 10.2 Å². The zero-order valence-corrected chi connectivity index (χ0v) is 7.12. The van der Waals surface area contributed by atoms with E-state index in [4.69, 9.17) is 28.5 Å². The van der Waals surface area contributed by atoms with Crippen molar-refractivity contribution < 1.29 is 4.79 Å². The summed E-state index contributed by atoms with van der Waals surface area (Å²) in [7, 11) is 1.41. The standard InChI is InChI=1S/C5H5Cl2N3O/c1-9-5(11)10-3(2-8)4(6)7/h1H3,(H2,9,10,11). The van der Waals surface area contributed by atoms with Gasteiger partial charge in [0.15, 0.2) is 5.70 Å². The van der Waals surface area contributed by atoms with E-state index in [9.17, 15) is 4.79 Å². The molecule has 0 aliphatic carbocycles. The Kier molecular flexibility index (Phi) is 4.42. The summed E-state index contributed by atoms with van der Waals surface area (Å²) in [4.78, 5) is 10.6. The molecule has 0 aliphatic heterocycles. The van der Waals surface area contributed by atoms with E-state index in [1.54, 1.807) is 6.07 Å². The highest BCUT2D eigenvalue weighted by Gasteiger charge is 2.04. The van der Waals surface area contributed by atoms with Gasteiger partial charge in [-0.1, -0.05) is 23.2 Å². The number of nitrogens with zero attached hydrogens (tertiary/aromatic N) is 1. The van der Waals surface area contributed by atoms with Gasteiger partial charge >= 0.3 is 6.03 Å². The third-order valence-corrected chi connectivity index (χ3v) is 1.14. The SMILES string of the molecule is CNC(=O)NC(C#N)=C(Cl)Cl. The van der Waals surface area contributed by atoms with Gasteiger partial charge in [0.05, 0.1) is 0 Å². The molecule has 0 saturated carbocycles. The first-order chi connectivity index (χ1) is 5.11. The number of hydrogen-bond donors (Lipinski definition) is 2. The lowest BCUT2D eigenvalue weighted by molar-refractivity contribution is 0.245. The van der Waals surface area contributed by atoms with Crippen LogP contribution in [0, 0.1) is 11.3 Å². The van der Waals surface area contributed by atoms with Crippen molar-refractivity contribution in [1.82, 2.24) is 10.6 Å². The van der Waals surface area contributed by atoms with Crippen LogP contribution in [0.5, 0.6) is 0 Å². The topological polar surface area (TPSA) is 64.9 Å². The molecule has 0 atom stereocenters. The van der Waals surface area contributed by atoms with Crippen molar-refractivity contribution in [2.24, 2.45) is 0 Å². The average Bonchev–Trinajstić information content (AvgIpc) is 1.99. The lowest BCUT2D eigenvalue weighted by Crippen LogP contribution is -2.31. The van der Waals surface area contributed by atoms with Gasteiger partial charge in [-0.25, -0.2) is 4.79 Å². The molecule has 4 nitrogen and oxygen atoms in total. The lowest BCUT2D eigenvalue weighted by atomic mass is 10.5. The predicted molar refractivity (Wildman–Crippen MR) is 41.9 cm³/mol. The van der Waals surface area contributed by atoms with Gasteiger partial charge in [0, 0.05) is 7.05 Å². The first kappa shape index (κ1) is 10.1. The number of rotatable bonds is 1. The summed E-state index contributed by atoms with van der Waals surface area (Å²) in [6.07, 6.45) is 0. The maximum Gasteiger partial charge on any atom is 0.319 e. The second-order valence-electron chi connectivity index (χ2n) is 1.45. The van der Waals surface area contributed by atoms with Gasteiger partial charge in [-0.15, -0.1) is 0 Å². The lowest BCUT2D eigenvalue weighted by Gasteiger charge is -2.00. The van der Waals surface area contributed by atoms with E-state index in [0.29, 0.717) is 0 Å². The number of nitriles is 1. The van der Waals surface area contributed by atoms with E-state index in [1.165, 1.54) is 7.05 Å². The minimum Gasteiger partial charge on any atom is -0.341 e. The zero-order chi connectivity index (χ0) is 8.85. The number of amides is 2. The van der Waals surface area contributed by atoms with Gasteiger partial charge < -0.3 is 5.32 Å². The molecular formula is C5H5Cl2N3O. The van der Waals surface area contributed by atoms with Crippen LogP contribution in [0.1, 0.15) is 0 Å². The van der Waals surface area contributed by atoms with Gasteiger partial charge in [-0.3, -0.25) is 5.32 Å². The fourth-order valence-corrected chi connectivity index (χ4v) is 0.472. The van der Waals surface area contributed by atoms with Gasteiger partial charge in [-0.2, -0.15) is 5.26 Å². The molecule has 0 unspecified atom stereocenters. The summed E-state index contributed by atoms with van der Waals surface area (Å²) in [6.45, 7) is 0. The number of halogens is 2. The Bertz CT molecular complexity index is 226. The molecule has 0 heterocycles. The summed E-state index contributed by atoms with van der Waals surface area (Å²) < 4.78 is -0.267. The molecule has 0 fully saturated rings. The summed E-state index contributed by atoms with van der Waals surface area (Å²) in [5.74, 6) is 0. The van der Waals surface area contributed by atoms with Crippen LogP contribution in [0.3, 0.4) is 0 Å². The molecule has 0 spiro atoms. The number of hydrogen-bond acceptors (Lipinski definition) is 2. The van der Waals surface area contributed by atoms with Crippen molar-refractivity contribution in [3.63, 3.8) is 0 Å². The molecule has 0 aromatic carbocycles. The normalized spacial score (nSPS) is 7.82. The van der Waals surface area contributed by atoms with Crippen LogP contribution in [-0.4, -0.2) is 13.1 Å². The molecule has 2 amide bonds. The first-order valence-corrected chi connectivity index (χ1v) is 3.31. The molecule has 0 bridgehead atoms. The van der Waals surface area contributed by atoms with Gasteiger partial charge in [0.25, 0.3) is 0 Å². The number of carbonyl (C=O) groups is 1. The van der Waals surface area contributed by atoms with Crippen molar-refractivity contribution in [1.29, 1.82) is 5.26 Å². The summed E-state index contributed by atoms with van der Waals surface area (Å²) in [5, 5.41) is 12.7. The van der Waals surface area contributed by atoms with Crippen LogP contribution in [0.2, 0.25) is 0 Å². The number of urea groups is 1. The van der Waals surface area contributed by atoms with Crippen molar-refractivity contribution in [3.05, 3.63) is 10.2 Å². The van der Waals surface area contributed by atoms with Crippen molar-refractivity contribution in [2.45, 2.75) is 0 Å². The molecule has 6 heteroatoms. The molecule has 0 rings (SSSR count). The van der Waals surface area contributed by atoms with Crippen LogP contribution in [0.4, 0.5) is 4.79 Å². The summed E-state index contributed by atoms with van der Waals surface area (Å²) >= 11 is 10.5. The van der Waals surface area contributed by atoms with Crippen LogP contribution >= 0.6 is 23.2 Å². The largest absolute Gasteiger partial charge is 0.341 e. The molecular weight excluding hydrogens is 189 g/mol. The van der Waals surface area contributed by atoms with E-state index in [2.05, 4.69) is 10.6 Å². The highest BCUT2D eigenvalue weighted by Crippen LogP contribution is 2.10. The highest BCUT2D eigenvalue weighted by molar-refractivity contribution is 6.56. The molecule has 11 heavy (non-hydrogen) atoms. The Morgan fingerprint density at radius 3 is 2.36 bits per heavy atom. The molecule has 0 aromatic rings. The van der Waals surface area contributed by atoms with E-state index in [1.807, 2.05) is 0 Å². The minimum absolute atomic E-state index is 0.173. The highest BCUT2D eigenvalue weighted by atomic mass is 35.5. The molecule has 0 radical (unpaired) electrons. The fraction of sp³-hybridized carbons (Fsp3) is 0.200. The van der Waals surface area contributed by atoms with E-state index >= 15 is 0 Å². The molecule has 0 aromatic heterocycles. The maximum atomic E-state index is 10.6. The number of allylic oxidation sites excluding steroid dienone is 1. The van der Waals surface area contributed by atoms with Crippen molar-refractivity contribution >= 4 is 29.2 Å². The Morgan fingerprint density at radius 1 is 1.55 bits per heavy atom. The van der Waals surface area contributed by atoms with E-state index < -0.39 is 6.03 Å². The second-order valence-corrected chi connectivity index (χ2v) is 2.40. The third-order valence-electron chi connectivity index (χ3n) is 0.766. The fourth-order valence-electron chi connectivity index (χ4n) is 0.293. The first-order valence-electron chi connectivity index (χ1n) is 2.56. The summed E-state index contributed by atoms with van der Waals surface area (Å²) in [6, 6.07) is 1.07. The van der Waals surface area contributed by atoms with Gasteiger partial charge in [0.1, 0.15) is 10.6 Å². The van der Waals surface area contributed by atoms with Crippen LogP contribution < -0.4 is 10.6 Å². The summed E-state index contributed by atoms with van der Waals surface area (Å²) in [5.41, 5.74) is -0.173. The Balaban J connectivity index is 4.26. The molecule has 0 aliphatic rings. The molecule has 60 valence electrons. The Labute approximate surface area is 73.8 Å². The van der Waals surface area contributed by atoms with Crippen LogP contribution in [-0.2, 0) is 0 Å². The Morgan fingerprint density at radius 2 is 2.09 bits per heavy atom. The van der Waals surface area contributed by atoms with Crippen molar-refractivity contribution in [2.75, 3.05) is 7.05 Å². The molecule has 0 saturated heterocycles. The molecule has 2 N–H and O–H groups in total. The minimum atomic E-state index is -0.541. The Hall–Kier alpha value is -0.920. The number of nitrogens with one attached hydrogen (secondary N) is 2. The van der Waals surface area contributed by atoms with Gasteiger partial charge in [-0.05, 0) is 0 Å². The quantitative estimate of drug-likeness (QED) is 0.613. The average molecular weight is 194 g/mol. The third kappa shape index (κ3) is 3.71. The van der Waals surface area contributed by atoms with E-state index in [0.717, 1.165) is 0 Å². The smallest absolute Gasteiger partial charge is 0.319 e. The number of carbonyl (C=O) groups excluding carboxylic acids is 1. The second kappa shape index (κ2) is 4.83. The van der Waals surface area contributed by atoms with Gasteiger partial charge in [0.2, 0.25) is 0 Å².